The van der Waals surface area contributed by atoms with E-state index in [-0.39, 0.29) is 37.8 Å². The second kappa shape index (κ2) is 22.1. The first-order chi connectivity index (χ1) is 19.5. The van der Waals surface area contributed by atoms with Crippen molar-refractivity contribution in [2.45, 2.75) is 91.3 Å². The van der Waals surface area contributed by atoms with Gasteiger partial charge in [0.2, 0.25) is 11.8 Å². The van der Waals surface area contributed by atoms with Crippen molar-refractivity contribution in [2.75, 3.05) is 26.2 Å². The number of carbonyl (C=O) groups is 5. The third-order valence-corrected chi connectivity index (χ3v) is 5.96. The number of unbranched alkanes of at least 4 members (excludes halogenated alkanes) is 2. The van der Waals surface area contributed by atoms with Gasteiger partial charge in [-0.3, -0.25) is 9.59 Å². The number of likely N-dealkylation sites (N-methyl/N-ethyl adjacent to an activating group) is 1. The third kappa shape index (κ3) is 17.6. The summed E-state index contributed by atoms with van der Waals surface area (Å²) in [5.74, 6) is -2.33. The van der Waals surface area contributed by atoms with Crippen LogP contribution in [0.4, 0.5) is 9.59 Å². The molecule has 0 aromatic carbocycles. The van der Waals surface area contributed by atoms with E-state index in [1.54, 1.807) is 20.8 Å². The normalized spacial score (nSPS) is 13.7. The molecule has 0 bridgehead atoms. The lowest BCUT2D eigenvalue weighted by Crippen LogP contribution is -2.57. The summed E-state index contributed by atoms with van der Waals surface area (Å²) in [5.41, 5.74) is 6.35. The molecule has 0 saturated carbocycles. The molecule has 1 unspecified atom stereocenters. The number of hydrogen-bond acceptors (Lipinski definition) is 7. The van der Waals surface area contributed by atoms with Crippen molar-refractivity contribution in [3.63, 3.8) is 0 Å². The van der Waals surface area contributed by atoms with Gasteiger partial charge in [-0.25, -0.2) is 14.4 Å². The Bertz CT molecular complexity index is 891. The summed E-state index contributed by atoms with van der Waals surface area (Å²) >= 11 is 0. The number of amides is 5. The maximum absolute atomic E-state index is 13.2. The van der Waals surface area contributed by atoms with Crippen LogP contribution >= 0.6 is 0 Å². The van der Waals surface area contributed by atoms with Crippen LogP contribution in [0.25, 0.3) is 0 Å². The summed E-state index contributed by atoms with van der Waals surface area (Å²) in [5, 5.41) is 22.4. The summed E-state index contributed by atoms with van der Waals surface area (Å²) in [6, 6.07) is -3.82. The highest BCUT2D eigenvalue weighted by molar-refractivity contribution is 5.92. The lowest BCUT2D eigenvalue weighted by atomic mass is 10.0. The van der Waals surface area contributed by atoms with E-state index >= 15 is 0 Å². The Morgan fingerprint density at radius 2 is 1.54 bits per heavy atom. The van der Waals surface area contributed by atoms with E-state index in [2.05, 4.69) is 26.6 Å². The molecule has 0 aromatic heterocycles. The minimum absolute atomic E-state index is 0.156. The van der Waals surface area contributed by atoms with Gasteiger partial charge in [0, 0.05) is 13.1 Å². The average molecular weight is 583 g/mol. The minimum Gasteiger partial charge on any atom is -0.480 e. The molecule has 3 atom stereocenters. The zero-order valence-electron chi connectivity index (χ0n) is 25.1. The van der Waals surface area contributed by atoms with Crippen LogP contribution in [-0.4, -0.2) is 79.4 Å². The number of alkyl carbamates (subject to hydrolysis) is 1. The predicted octanol–water partition coefficient (Wildman–Crippen LogP) is 1.93. The molecule has 0 saturated heterocycles. The number of hydrogen-bond donors (Lipinski definition) is 7. The number of urea groups is 1. The largest absolute Gasteiger partial charge is 0.480 e. The fourth-order valence-corrected chi connectivity index (χ4v) is 3.65. The van der Waals surface area contributed by atoms with E-state index in [0.717, 1.165) is 5.57 Å². The van der Waals surface area contributed by atoms with Gasteiger partial charge in [0.15, 0.2) is 0 Å². The Morgan fingerprint density at radius 1 is 0.902 bits per heavy atom. The lowest BCUT2D eigenvalue weighted by molar-refractivity contribution is -0.139. The van der Waals surface area contributed by atoms with Gasteiger partial charge >= 0.3 is 18.1 Å². The molecule has 0 heterocycles. The number of allylic oxidation sites excluding steroid dienone is 3. The van der Waals surface area contributed by atoms with E-state index in [1.165, 1.54) is 0 Å². The van der Waals surface area contributed by atoms with Gasteiger partial charge in [-0.05, 0) is 77.3 Å². The number of ether oxygens (including phenoxy) is 1. The molecular weight excluding hydrogens is 532 g/mol. The second-order valence-electron chi connectivity index (χ2n) is 10.0. The predicted molar refractivity (Wildman–Crippen MR) is 157 cm³/mol. The molecule has 0 spiro atoms. The van der Waals surface area contributed by atoms with Crippen molar-refractivity contribution in [1.82, 2.24) is 26.6 Å². The molecule has 0 fully saturated rings. The van der Waals surface area contributed by atoms with Crippen molar-refractivity contribution in [1.29, 1.82) is 0 Å². The second-order valence-corrected chi connectivity index (χ2v) is 10.0. The standard InChI is InChI=1S/C28H50N6O7/c1-6-8-13-20(5)18-41-28(40)31-17-12-10-14-21(24(35)34-23(19(3)4)25(36)30-7-2)32-27(39)33-22(26(37)38)15-9-11-16-29/h6,8,13,19,21-23H,7,9-12,14-18,29H2,1-5H3,(H,30,36)(H,31,40)(H,34,35)(H,37,38)(H2,32,33,39)/b8-6-,20-13+/t21-,22+,23?/m1/s1. The molecule has 0 aliphatic carbocycles. The van der Waals surface area contributed by atoms with E-state index in [1.807, 2.05) is 32.1 Å². The van der Waals surface area contributed by atoms with Crippen LogP contribution in [-0.2, 0) is 19.1 Å². The molecule has 0 aliphatic rings. The molecule has 8 N–H and O–H groups in total. The molecule has 13 nitrogen and oxygen atoms in total. The smallest absolute Gasteiger partial charge is 0.407 e. The Balaban J connectivity index is 5.20. The van der Waals surface area contributed by atoms with Crippen LogP contribution in [0.5, 0.6) is 0 Å². The zero-order chi connectivity index (χ0) is 31.2. The van der Waals surface area contributed by atoms with Crippen LogP contribution in [0.1, 0.15) is 73.1 Å². The summed E-state index contributed by atoms with van der Waals surface area (Å²) < 4.78 is 5.14. The quantitative estimate of drug-likeness (QED) is 0.0833. The van der Waals surface area contributed by atoms with Gasteiger partial charge in [-0.15, -0.1) is 0 Å². The topological polar surface area (TPSA) is 201 Å². The van der Waals surface area contributed by atoms with Crippen molar-refractivity contribution in [3.8, 4) is 0 Å². The first kappa shape index (κ1) is 37.4. The minimum atomic E-state index is -1.19. The van der Waals surface area contributed by atoms with Gasteiger partial charge in [0.25, 0.3) is 0 Å². The van der Waals surface area contributed by atoms with Gasteiger partial charge in [0.05, 0.1) is 0 Å². The fourth-order valence-electron chi connectivity index (χ4n) is 3.65. The van der Waals surface area contributed by atoms with E-state index in [9.17, 15) is 29.1 Å². The molecule has 5 amide bonds. The number of nitrogens with one attached hydrogen (secondary N) is 5. The zero-order valence-corrected chi connectivity index (χ0v) is 25.1. The molecule has 0 aliphatic heterocycles. The maximum Gasteiger partial charge on any atom is 0.407 e. The van der Waals surface area contributed by atoms with Crippen LogP contribution < -0.4 is 32.3 Å². The SMILES string of the molecule is C/C=C\C=C(/C)COC(=O)NCCCC[C@@H](NC(=O)N[C@@H](CCCCN)C(=O)O)C(=O)NC(C(=O)NCC)C(C)C. The highest BCUT2D eigenvalue weighted by Gasteiger charge is 2.29. The highest BCUT2D eigenvalue weighted by atomic mass is 16.5. The number of aliphatic carboxylic acids is 1. The summed E-state index contributed by atoms with van der Waals surface area (Å²) in [6.45, 7) is 10.3. The van der Waals surface area contributed by atoms with Crippen LogP contribution in [0.15, 0.2) is 23.8 Å². The molecule has 41 heavy (non-hydrogen) atoms. The fraction of sp³-hybridized carbons (Fsp3) is 0.679. The molecule has 13 heteroatoms. The number of carboxylic acid groups (broad SMARTS) is 1. The molecule has 234 valence electrons. The first-order valence-electron chi connectivity index (χ1n) is 14.2. The Hall–Kier alpha value is -3.61. The monoisotopic (exact) mass is 582 g/mol. The average Bonchev–Trinajstić information content (AvgIpc) is 2.91. The molecule has 0 aromatic rings. The Morgan fingerprint density at radius 3 is 2.12 bits per heavy atom. The Kier molecular flexibility index (Phi) is 20.2. The van der Waals surface area contributed by atoms with E-state index < -0.39 is 42.1 Å². The van der Waals surface area contributed by atoms with Gasteiger partial charge < -0.3 is 42.2 Å². The number of carboxylic acids is 1. The third-order valence-electron chi connectivity index (χ3n) is 5.96. The summed E-state index contributed by atoms with van der Waals surface area (Å²) in [4.78, 5) is 61.8. The van der Waals surface area contributed by atoms with E-state index in [4.69, 9.17) is 10.5 Å². The van der Waals surface area contributed by atoms with E-state index in [0.29, 0.717) is 38.8 Å². The van der Waals surface area contributed by atoms with Gasteiger partial charge in [-0.1, -0.05) is 32.1 Å². The molecule has 0 radical (unpaired) electrons. The Labute approximate surface area is 243 Å². The summed E-state index contributed by atoms with van der Waals surface area (Å²) in [7, 11) is 0. The first-order valence-corrected chi connectivity index (χ1v) is 14.2. The van der Waals surface area contributed by atoms with Crippen LogP contribution in [0.3, 0.4) is 0 Å². The van der Waals surface area contributed by atoms with Crippen molar-refractivity contribution < 1.29 is 33.8 Å². The highest BCUT2D eigenvalue weighted by Crippen LogP contribution is 2.07. The lowest BCUT2D eigenvalue weighted by Gasteiger charge is -2.26. The summed E-state index contributed by atoms with van der Waals surface area (Å²) in [6.07, 6.45) is 7.41. The number of nitrogens with two attached hydrogens (primary N) is 1. The maximum atomic E-state index is 13.2. The van der Waals surface area contributed by atoms with Crippen molar-refractivity contribution in [3.05, 3.63) is 23.8 Å². The molecule has 0 rings (SSSR count). The van der Waals surface area contributed by atoms with Crippen LogP contribution in [0.2, 0.25) is 0 Å². The number of carbonyl (C=O) groups excluding carboxylic acids is 4. The molecular formula is C28H50N6O7. The number of rotatable bonds is 20. The van der Waals surface area contributed by atoms with Crippen molar-refractivity contribution in [2.24, 2.45) is 11.7 Å². The van der Waals surface area contributed by atoms with Gasteiger partial charge in [0.1, 0.15) is 24.7 Å². The van der Waals surface area contributed by atoms with Crippen molar-refractivity contribution >= 4 is 29.9 Å². The van der Waals surface area contributed by atoms with Gasteiger partial charge in [-0.2, -0.15) is 0 Å². The van der Waals surface area contributed by atoms with Crippen LogP contribution in [0, 0.1) is 5.92 Å².